The van der Waals surface area contributed by atoms with Crippen LogP contribution in [0.5, 0.6) is 0 Å². The zero-order chi connectivity index (χ0) is 6.62. The molecule has 0 aliphatic carbocycles. The second kappa shape index (κ2) is 7.29. The Kier molecular flexibility index (Phi) is 12.1. The first kappa shape index (κ1) is 16.6. The van der Waals surface area contributed by atoms with Crippen LogP contribution < -0.4 is 5.32 Å². The first-order valence-corrected chi connectivity index (χ1v) is 3.31. The van der Waals surface area contributed by atoms with Gasteiger partial charge in [0, 0.05) is 5.54 Å². The van der Waals surface area contributed by atoms with Crippen molar-refractivity contribution < 1.29 is 4.70 Å². The van der Waals surface area contributed by atoms with Crippen molar-refractivity contribution >= 4 is 12.4 Å². The maximum Gasteiger partial charge on any atom is 0.00965 e. The normalized spacial score (nSPS) is 9.60. The lowest BCUT2D eigenvalue weighted by atomic mass is 10.1. The topological polar surface area (TPSA) is 12.0 Å². The highest BCUT2D eigenvalue weighted by Gasteiger charge is 2.05. The van der Waals surface area contributed by atoms with Gasteiger partial charge in [-0.1, -0.05) is 6.92 Å². The molecule has 0 unspecified atom stereocenters. The van der Waals surface area contributed by atoms with E-state index in [1.165, 1.54) is 6.42 Å². The van der Waals surface area contributed by atoms with Crippen LogP contribution in [0.1, 0.15) is 34.1 Å². The van der Waals surface area contributed by atoms with Crippen LogP contribution in [0.15, 0.2) is 0 Å². The lowest BCUT2D eigenvalue weighted by Gasteiger charge is -2.19. The lowest BCUT2D eigenvalue weighted by molar-refractivity contribution is 0.427. The minimum Gasteiger partial charge on any atom is -0.312 e. The fourth-order valence-corrected chi connectivity index (χ4v) is 0.500. The van der Waals surface area contributed by atoms with Gasteiger partial charge in [0.15, 0.2) is 0 Å². The number of rotatable bonds is 2. The van der Waals surface area contributed by atoms with Gasteiger partial charge in [-0.25, -0.2) is 0 Å². The maximum atomic E-state index is 3.37. The van der Waals surface area contributed by atoms with Gasteiger partial charge in [0.2, 0.25) is 0 Å². The average molecular weight is 172 g/mol. The van der Waals surface area contributed by atoms with Crippen LogP contribution in [0.4, 0.5) is 4.70 Å². The molecule has 0 aliphatic rings. The smallest absolute Gasteiger partial charge is 0.00965 e. The third-order valence-corrected chi connectivity index (χ3v) is 0.905. The molecule has 0 spiro atoms. The van der Waals surface area contributed by atoms with Crippen LogP contribution in [-0.4, -0.2) is 12.1 Å². The summed E-state index contributed by atoms with van der Waals surface area (Å²) in [5.41, 5.74) is 0.302. The van der Waals surface area contributed by atoms with Crippen LogP contribution in [0.25, 0.3) is 0 Å². The minimum atomic E-state index is 0. The van der Waals surface area contributed by atoms with Crippen molar-refractivity contribution in [2.75, 3.05) is 6.54 Å². The Morgan fingerprint density at radius 3 is 1.70 bits per heavy atom. The fraction of sp³-hybridized carbons (Fsp3) is 1.00. The average Bonchev–Trinajstić information content (AvgIpc) is 1.59. The molecular formula is C7H19ClFN. The molecule has 0 aliphatic heterocycles. The monoisotopic (exact) mass is 171 g/mol. The molecule has 0 saturated carbocycles. The number of hydrogen-bond acceptors (Lipinski definition) is 1. The molecule has 1 nitrogen and oxygen atoms in total. The van der Waals surface area contributed by atoms with Crippen LogP contribution >= 0.6 is 12.4 Å². The summed E-state index contributed by atoms with van der Waals surface area (Å²) < 4.78 is 0. The molecule has 3 heteroatoms. The Hall–Kier alpha value is 0.180. The van der Waals surface area contributed by atoms with Gasteiger partial charge in [-0.05, 0) is 33.7 Å². The van der Waals surface area contributed by atoms with Gasteiger partial charge in [0.25, 0.3) is 0 Å². The summed E-state index contributed by atoms with van der Waals surface area (Å²) in [4.78, 5) is 0. The summed E-state index contributed by atoms with van der Waals surface area (Å²) in [6.07, 6.45) is 1.22. The van der Waals surface area contributed by atoms with E-state index in [9.17, 15) is 0 Å². The Balaban J connectivity index is -0.000000245. The van der Waals surface area contributed by atoms with Crippen LogP contribution in [-0.2, 0) is 0 Å². The zero-order valence-corrected chi connectivity index (χ0v) is 8.05. The molecule has 0 radical (unpaired) electrons. The largest absolute Gasteiger partial charge is 0.312 e. The van der Waals surface area contributed by atoms with Gasteiger partial charge in [-0.15, -0.1) is 12.4 Å². The highest BCUT2D eigenvalue weighted by molar-refractivity contribution is 5.85. The highest BCUT2D eigenvalue weighted by Crippen LogP contribution is 1.96. The zero-order valence-electron chi connectivity index (χ0n) is 7.23. The van der Waals surface area contributed by atoms with E-state index in [2.05, 4.69) is 33.0 Å². The van der Waals surface area contributed by atoms with Crippen LogP contribution in [0.3, 0.4) is 0 Å². The Bertz CT molecular complexity index is 61.1. The molecule has 0 amide bonds. The second-order valence-electron chi connectivity index (χ2n) is 3.18. The molecular weight excluding hydrogens is 153 g/mol. The van der Waals surface area contributed by atoms with Crippen LogP contribution in [0, 0.1) is 0 Å². The van der Waals surface area contributed by atoms with Gasteiger partial charge in [-0.3, -0.25) is 4.70 Å². The molecule has 10 heavy (non-hydrogen) atoms. The van der Waals surface area contributed by atoms with Crippen LogP contribution in [0.2, 0.25) is 0 Å². The first-order valence-electron chi connectivity index (χ1n) is 3.31. The molecule has 0 aromatic carbocycles. The summed E-state index contributed by atoms with van der Waals surface area (Å²) in [5, 5.41) is 3.37. The van der Waals surface area contributed by atoms with Crippen molar-refractivity contribution in [2.45, 2.75) is 39.7 Å². The number of halogens is 2. The van der Waals surface area contributed by atoms with Gasteiger partial charge < -0.3 is 5.32 Å². The summed E-state index contributed by atoms with van der Waals surface area (Å²) in [5.74, 6) is 0. The SMILES string of the molecule is CCCNC(C)(C)C.Cl.F. The summed E-state index contributed by atoms with van der Waals surface area (Å²) >= 11 is 0. The summed E-state index contributed by atoms with van der Waals surface area (Å²) in [6.45, 7) is 9.86. The van der Waals surface area contributed by atoms with E-state index in [0.717, 1.165) is 6.54 Å². The van der Waals surface area contributed by atoms with Crippen molar-refractivity contribution in [3.8, 4) is 0 Å². The summed E-state index contributed by atoms with van der Waals surface area (Å²) in [6, 6.07) is 0. The standard InChI is InChI=1S/C7H17N.ClH.FH/c1-5-6-8-7(2,3)4;;/h8H,5-6H2,1-4H3;2*1H. The predicted molar refractivity (Wildman–Crippen MR) is 47.8 cm³/mol. The molecule has 0 atom stereocenters. The van der Waals surface area contributed by atoms with Crippen molar-refractivity contribution in [3.05, 3.63) is 0 Å². The molecule has 0 saturated heterocycles. The molecule has 0 aromatic heterocycles. The summed E-state index contributed by atoms with van der Waals surface area (Å²) in [7, 11) is 0. The second-order valence-corrected chi connectivity index (χ2v) is 3.18. The van der Waals surface area contributed by atoms with Gasteiger partial charge in [0.05, 0.1) is 0 Å². The van der Waals surface area contributed by atoms with E-state index in [4.69, 9.17) is 0 Å². The van der Waals surface area contributed by atoms with E-state index in [0.29, 0.717) is 5.54 Å². The molecule has 66 valence electrons. The van der Waals surface area contributed by atoms with E-state index >= 15 is 0 Å². The van der Waals surface area contributed by atoms with E-state index < -0.39 is 0 Å². The molecule has 0 aromatic rings. The number of hydrogen-bond donors (Lipinski definition) is 1. The van der Waals surface area contributed by atoms with Gasteiger partial charge in [0.1, 0.15) is 0 Å². The lowest BCUT2D eigenvalue weighted by Crippen LogP contribution is -2.36. The molecule has 0 bridgehead atoms. The van der Waals surface area contributed by atoms with E-state index in [1.807, 2.05) is 0 Å². The Labute approximate surface area is 69.4 Å². The number of nitrogens with one attached hydrogen (secondary N) is 1. The third-order valence-electron chi connectivity index (χ3n) is 0.905. The van der Waals surface area contributed by atoms with Crippen molar-refractivity contribution in [1.82, 2.24) is 5.32 Å². The quantitative estimate of drug-likeness (QED) is 0.673. The minimum absolute atomic E-state index is 0. The molecule has 0 fully saturated rings. The third kappa shape index (κ3) is 15.7. The fourth-order valence-electron chi connectivity index (χ4n) is 0.500. The highest BCUT2D eigenvalue weighted by atomic mass is 35.5. The van der Waals surface area contributed by atoms with Crippen molar-refractivity contribution in [1.29, 1.82) is 0 Å². The maximum absolute atomic E-state index is 3.37. The molecule has 0 heterocycles. The van der Waals surface area contributed by atoms with Crippen molar-refractivity contribution in [3.63, 3.8) is 0 Å². The van der Waals surface area contributed by atoms with E-state index in [-0.39, 0.29) is 17.1 Å². The van der Waals surface area contributed by atoms with Gasteiger partial charge in [-0.2, -0.15) is 0 Å². The van der Waals surface area contributed by atoms with E-state index in [1.54, 1.807) is 0 Å². The Morgan fingerprint density at radius 2 is 1.60 bits per heavy atom. The molecule has 1 N–H and O–H groups in total. The first-order chi connectivity index (χ1) is 3.56. The molecule has 0 rings (SSSR count). The van der Waals surface area contributed by atoms with Crippen molar-refractivity contribution in [2.24, 2.45) is 0 Å². The Morgan fingerprint density at radius 1 is 1.20 bits per heavy atom. The van der Waals surface area contributed by atoms with Gasteiger partial charge >= 0.3 is 0 Å². The predicted octanol–water partition coefficient (Wildman–Crippen LogP) is 2.36.